The Labute approximate surface area is 94.2 Å². The minimum absolute atomic E-state index is 0.396. The summed E-state index contributed by atoms with van der Waals surface area (Å²) in [5.41, 5.74) is 0. The molecule has 1 aliphatic rings. The number of hydrogen-bond acceptors (Lipinski definition) is 3. The first-order valence-corrected chi connectivity index (χ1v) is 6.16. The molecule has 2 atom stereocenters. The van der Waals surface area contributed by atoms with E-state index in [2.05, 4.69) is 38.0 Å². The van der Waals surface area contributed by atoms with Gasteiger partial charge in [0.05, 0.1) is 6.10 Å². The molecule has 15 heavy (non-hydrogen) atoms. The van der Waals surface area contributed by atoms with Crippen LogP contribution in [0.3, 0.4) is 0 Å². The van der Waals surface area contributed by atoms with Crippen molar-refractivity contribution in [3.05, 3.63) is 0 Å². The Balaban J connectivity index is 2.01. The van der Waals surface area contributed by atoms with E-state index in [9.17, 15) is 0 Å². The molecule has 0 bridgehead atoms. The van der Waals surface area contributed by atoms with Gasteiger partial charge in [-0.25, -0.2) is 0 Å². The third-order valence-electron chi connectivity index (χ3n) is 3.35. The Morgan fingerprint density at radius 3 is 2.73 bits per heavy atom. The van der Waals surface area contributed by atoms with Crippen LogP contribution in [0.15, 0.2) is 0 Å². The average Bonchev–Trinajstić information content (AvgIpc) is 2.58. The zero-order valence-electron chi connectivity index (χ0n) is 10.6. The van der Waals surface area contributed by atoms with Crippen LogP contribution in [-0.4, -0.2) is 49.8 Å². The molecule has 1 rings (SSSR count). The fourth-order valence-electron chi connectivity index (χ4n) is 1.87. The van der Waals surface area contributed by atoms with Gasteiger partial charge in [0.25, 0.3) is 0 Å². The van der Waals surface area contributed by atoms with Crippen molar-refractivity contribution in [3.63, 3.8) is 0 Å². The Kier molecular flexibility index (Phi) is 5.58. The smallest absolute Gasteiger partial charge is 0.0700 e. The van der Waals surface area contributed by atoms with Crippen molar-refractivity contribution in [2.24, 2.45) is 0 Å². The van der Waals surface area contributed by atoms with E-state index in [0.29, 0.717) is 18.2 Å². The maximum Gasteiger partial charge on any atom is 0.0700 e. The highest BCUT2D eigenvalue weighted by Crippen LogP contribution is 2.12. The van der Waals surface area contributed by atoms with E-state index in [1.807, 2.05) is 0 Å². The molecule has 90 valence electrons. The van der Waals surface area contributed by atoms with Gasteiger partial charge in [0, 0.05) is 18.7 Å². The molecule has 3 heteroatoms. The average molecular weight is 214 g/mol. The summed E-state index contributed by atoms with van der Waals surface area (Å²) < 4.78 is 5.51. The predicted molar refractivity (Wildman–Crippen MR) is 64.2 cm³/mol. The second-order valence-electron chi connectivity index (χ2n) is 4.85. The van der Waals surface area contributed by atoms with E-state index in [0.717, 1.165) is 13.2 Å². The number of rotatable bonds is 6. The van der Waals surface area contributed by atoms with Crippen LogP contribution in [0.5, 0.6) is 0 Å². The molecule has 0 aromatic carbocycles. The summed E-state index contributed by atoms with van der Waals surface area (Å²) in [6.45, 7) is 9.83. The van der Waals surface area contributed by atoms with Gasteiger partial charge in [-0.3, -0.25) is 0 Å². The van der Waals surface area contributed by atoms with Crippen LogP contribution in [0.1, 0.15) is 33.6 Å². The lowest BCUT2D eigenvalue weighted by molar-refractivity contribution is 0.113. The van der Waals surface area contributed by atoms with E-state index in [-0.39, 0.29) is 0 Å². The number of hydrogen-bond donors (Lipinski definition) is 1. The Morgan fingerprint density at radius 1 is 1.47 bits per heavy atom. The molecule has 1 fully saturated rings. The highest BCUT2D eigenvalue weighted by Gasteiger charge is 2.22. The summed E-state index contributed by atoms with van der Waals surface area (Å²) in [6.07, 6.45) is 2.78. The molecule has 1 aliphatic heterocycles. The first-order valence-electron chi connectivity index (χ1n) is 6.16. The summed E-state index contributed by atoms with van der Waals surface area (Å²) in [6, 6.07) is 1.23. The lowest BCUT2D eigenvalue weighted by Crippen LogP contribution is -2.37. The molecule has 0 saturated carbocycles. The quantitative estimate of drug-likeness (QED) is 0.678. The molecule has 2 unspecified atom stereocenters. The van der Waals surface area contributed by atoms with E-state index in [1.54, 1.807) is 0 Å². The van der Waals surface area contributed by atoms with Gasteiger partial charge in [-0.2, -0.15) is 0 Å². The van der Waals surface area contributed by atoms with Gasteiger partial charge in [-0.1, -0.05) is 0 Å². The standard InChI is InChI=1S/C12H26N2O/c1-10(2)14(4)8-5-7-13-12-6-9-15-11(12)3/h10-13H,5-9H2,1-4H3. The van der Waals surface area contributed by atoms with Gasteiger partial charge in [-0.05, 0) is 53.8 Å². The van der Waals surface area contributed by atoms with E-state index < -0.39 is 0 Å². The molecular weight excluding hydrogens is 188 g/mol. The van der Waals surface area contributed by atoms with Gasteiger partial charge >= 0.3 is 0 Å². The normalized spacial score (nSPS) is 26.8. The minimum Gasteiger partial charge on any atom is -0.377 e. The van der Waals surface area contributed by atoms with Gasteiger partial charge < -0.3 is 15.0 Å². The van der Waals surface area contributed by atoms with Gasteiger partial charge in [0.1, 0.15) is 0 Å². The molecule has 1 saturated heterocycles. The lowest BCUT2D eigenvalue weighted by atomic mass is 10.1. The summed E-state index contributed by atoms with van der Waals surface area (Å²) in [5.74, 6) is 0. The van der Waals surface area contributed by atoms with Crippen molar-refractivity contribution in [1.82, 2.24) is 10.2 Å². The molecule has 1 heterocycles. The monoisotopic (exact) mass is 214 g/mol. The second-order valence-corrected chi connectivity index (χ2v) is 4.85. The Hall–Kier alpha value is -0.120. The molecule has 0 amide bonds. The lowest BCUT2D eigenvalue weighted by Gasteiger charge is -2.22. The Morgan fingerprint density at radius 2 is 2.20 bits per heavy atom. The fraction of sp³-hybridized carbons (Fsp3) is 1.00. The summed E-state index contributed by atoms with van der Waals surface area (Å²) >= 11 is 0. The van der Waals surface area contributed by atoms with E-state index >= 15 is 0 Å². The second kappa shape index (κ2) is 6.46. The van der Waals surface area contributed by atoms with Crippen molar-refractivity contribution in [2.45, 2.75) is 51.8 Å². The predicted octanol–water partition coefficient (Wildman–Crippen LogP) is 1.48. The maximum absolute atomic E-state index is 5.51. The highest BCUT2D eigenvalue weighted by molar-refractivity contribution is 4.78. The summed E-state index contributed by atoms with van der Waals surface area (Å²) in [5, 5.41) is 3.57. The molecule has 0 aromatic heterocycles. The van der Waals surface area contributed by atoms with Crippen LogP contribution < -0.4 is 5.32 Å². The SMILES string of the molecule is CC1OCCC1NCCCN(C)C(C)C. The van der Waals surface area contributed by atoms with E-state index in [1.165, 1.54) is 19.4 Å². The number of ether oxygens (including phenoxy) is 1. The van der Waals surface area contributed by atoms with Gasteiger partial charge in [0.2, 0.25) is 0 Å². The molecule has 0 aromatic rings. The van der Waals surface area contributed by atoms with Crippen molar-refractivity contribution in [3.8, 4) is 0 Å². The summed E-state index contributed by atoms with van der Waals surface area (Å²) in [4.78, 5) is 2.39. The molecule has 3 nitrogen and oxygen atoms in total. The molecular formula is C12H26N2O. The molecule has 0 radical (unpaired) electrons. The largest absolute Gasteiger partial charge is 0.377 e. The van der Waals surface area contributed by atoms with Crippen LogP contribution >= 0.6 is 0 Å². The summed E-state index contributed by atoms with van der Waals surface area (Å²) in [7, 11) is 2.19. The molecule has 0 spiro atoms. The molecule has 1 N–H and O–H groups in total. The third-order valence-corrected chi connectivity index (χ3v) is 3.35. The highest BCUT2D eigenvalue weighted by atomic mass is 16.5. The zero-order valence-corrected chi connectivity index (χ0v) is 10.6. The van der Waals surface area contributed by atoms with Crippen molar-refractivity contribution in [2.75, 3.05) is 26.7 Å². The van der Waals surface area contributed by atoms with Crippen molar-refractivity contribution < 1.29 is 4.74 Å². The fourth-order valence-corrected chi connectivity index (χ4v) is 1.87. The van der Waals surface area contributed by atoms with Crippen LogP contribution in [0.2, 0.25) is 0 Å². The maximum atomic E-state index is 5.51. The third kappa shape index (κ3) is 4.49. The first-order chi connectivity index (χ1) is 7.11. The number of nitrogens with zero attached hydrogens (tertiary/aromatic N) is 1. The van der Waals surface area contributed by atoms with Crippen LogP contribution in [0, 0.1) is 0 Å². The minimum atomic E-state index is 0.396. The van der Waals surface area contributed by atoms with Crippen LogP contribution in [-0.2, 0) is 4.74 Å². The van der Waals surface area contributed by atoms with Gasteiger partial charge in [0.15, 0.2) is 0 Å². The van der Waals surface area contributed by atoms with Crippen molar-refractivity contribution in [1.29, 1.82) is 0 Å². The first kappa shape index (κ1) is 12.9. The van der Waals surface area contributed by atoms with Crippen LogP contribution in [0.25, 0.3) is 0 Å². The number of nitrogens with one attached hydrogen (secondary N) is 1. The van der Waals surface area contributed by atoms with Crippen LogP contribution in [0.4, 0.5) is 0 Å². The zero-order chi connectivity index (χ0) is 11.3. The van der Waals surface area contributed by atoms with Gasteiger partial charge in [-0.15, -0.1) is 0 Å². The molecule has 0 aliphatic carbocycles. The topological polar surface area (TPSA) is 24.5 Å². The van der Waals surface area contributed by atoms with Crippen molar-refractivity contribution >= 4 is 0 Å². The Bertz CT molecular complexity index is 173. The van der Waals surface area contributed by atoms with E-state index in [4.69, 9.17) is 4.74 Å².